The summed E-state index contributed by atoms with van der Waals surface area (Å²) in [4.78, 5) is 29.8. The summed E-state index contributed by atoms with van der Waals surface area (Å²) in [6.07, 6.45) is 7.18. The summed E-state index contributed by atoms with van der Waals surface area (Å²) in [7, 11) is -1.23. The van der Waals surface area contributed by atoms with Gasteiger partial charge in [-0.1, -0.05) is 19.9 Å². The van der Waals surface area contributed by atoms with Crippen molar-refractivity contribution in [2.75, 3.05) is 42.4 Å². The van der Waals surface area contributed by atoms with Gasteiger partial charge in [-0.25, -0.2) is 23.4 Å². The molecule has 38 heavy (non-hydrogen) atoms. The Labute approximate surface area is 223 Å². The number of nitrogens with one attached hydrogen (secondary N) is 1. The van der Waals surface area contributed by atoms with Crippen LogP contribution in [-0.2, 0) is 14.6 Å². The van der Waals surface area contributed by atoms with E-state index in [1.165, 1.54) is 11.8 Å². The van der Waals surface area contributed by atoms with Gasteiger partial charge in [0.15, 0.2) is 5.82 Å². The van der Waals surface area contributed by atoms with Crippen molar-refractivity contribution < 1.29 is 13.2 Å². The Morgan fingerprint density at radius 1 is 1.13 bits per heavy atom. The zero-order valence-corrected chi connectivity index (χ0v) is 23.3. The predicted molar refractivity (Wildman–Crippen MR) is 151 cm³/mol. The zero-order chi connectivity index (χ0) is 27.2. The van der Waals surface area contributed by atoms with E-state index >= 15 is 0 Å². The molecule has 2 aliphatic heterocycles. The molecule has 2 atom stereocenters. The molecule has 1 aromatic carbocycles. The molecule has 200 valence electrons. The number of benzene rings is 1. The van der Waals surface area contributed by atoms with Crippen molar-refractivity contribution in [1.29, 1.82) is 0 Å². The van der Waals surface area contributed by atoms with Gasteiger partial charge in [0.2, 0.25) is 5.91 Å². The first kappa shape index (κ1) is 26.1. The summed E-state index contributed by atoms with van der Waals surface area (Å²) in [6.45, 7) is 7.78. The van der Waals surface area contributed by atoms with Gasteiger partial charge in [0.05, 0.1) is 5.75 Å². The van der Waals surface area contributed by atoms with Crippen molar-refractivity contribution in [1.82, 2.24) is 19.9 Å². The van der Waals surface area contributed by atoms with E-state index < -0.39 is 9.84 Å². The second kappa shape index (κ2) is 9.98. The maximum absolute atomic E-state index is 12.1. The minimum atomic E-state index is -3.01. The molecule has 2 aromatic heterocycles. The van der Waals surface area contributed by atoms with E-state index in [-0.39, 0.29) is 23.6 Å². The largest absolute Gasteiger partial charge is 0.368 e. The minimum absolute atomic E-state index is 0.0411. The number of nitrogens with zero attached hydrogens (tertiary/aromatic N) is 5. The van der Waals surface area contributed by atoms with Gasteiger partial charge in [0, 0.05) is 73.5 Å². The number of carbonyl (C=O) groups is 1. The summed E-state index contributed by atoms with van der Waals surface area (Å²) >= 11 is 0. The van der Waals surface area contributed by atoms with Crippen molar-refractivity contribution in [3.8, 4) is 0 Å². The number of anilines is 3. The third kappa shape index (κ3) is 5.22. The number of fused-ring (bicyclic) bond motifs is 1. The number of rotatable bonds is 7. The maximum atomic E-state index is 12.1. The van der Waals surface area contributed by atoms with E-state index in [1.807, 2.05) is 12.3 Å². The first-order valence-corrected chi connectivity index (χ1v) is 15.0. The van der Waals surface area contributed by atoms with E-state index in [2.05, 4.69) is 53.1 Å². The molecule has 9 nitrogen and oxygen atoms in total. The molecule has 0 unspecified atom stereocenters. The third-order valence-corrected chi connectivity index (χ3v) is 8.59. The van der Waals surface area contributed by atoms with Gasteiger partial charge < -0.3 is 15.1 Å². The number of hydrogen-bond donors (Lipinski definition) is 1. The fraction of sp³-hybridized carbons (Fsp3) is 0.429. The van der Waals surface area contributed by atoms with Crippen LogP contribution in [0.2, 0.25) is 0 Å². The van der Waals surface area contributed by atoms with Crippen molar-refractivity contribution in [3.63, 3.8) is 0 Å². The maximum Gasteiger partial charge on any atom is 0.246 e. The molecule has 1 fully saturated rings. The molecular weight excluding hydrogens is 500 g/mol. The second-order valence-corrected chi connectivity index (χ2v) is 12.9. The molecule has 1 N–H and O–H groups in total. The molecule has 1 amide bonds. The molecule has 0 bridgehead atoms. The highest BCUT2D eigenvalue weighted by molar-refractivity contribution is 7.90. The second-order valence-electron chi connectivity index (χ2n) is 10.8. The van der Waals surface area contributed by atoms with Crippen LogP contribution in [0.4, 0.5) is 17.3 Å². The molecule has 0 saturated carbocycles. The molecule has 0 spiro atoms. The van der Waals surface area contributed by atoms with Gasteiger partial charge in [0.25, 0.3) is 0 Å². The van der Waals surface area contributed by atoms with E-state index in [4.69, 9.17) is 4.98 Å². The van der Waals surface area contributed by atoms with Gasteiger partial charge in [-0.15, -0.1) is 0 Å². The number of amides is 1. The van der Waals surface area contributed by atoms with Crippen molar-refractivity contribution in [3.05, 3.63) is 54.1 Å². The molecule has 0 radical (unpaired) electrons. The Kier molecular flexibility index (Phi) is 6.85. The highest BCUT2D eigenvalue weighted by Gasteiger charge is 2.38. The Morgan fingerprint density at radius 3 is 2.61 bits per heavy atom. The zero-order valence-electron chi connectivity index (χ0n) is 22.5. The average molecular weight is 535 g/mol. The van der Waals surface area contributed by atoms with Crippen LogP contribution in [0.1, 0.15) is 44.5 Å². The van der Waals surface area contributed by atoms with Gasteiger partial charge in [-0.05, 0) is 48.4 Å². The van der Waals surface area contributed by atoms with Crippen LogP contribution >= 0.6 is 0 Å². The quantitative estimate of drug-likeness (QED) is 0.485. The minimum Gasteiger partial charge on any atom is -0.368 e. The molecule has 0 aliphatic carbocycles. The van der Waals surface area contributed by atoms with Crippen LogP contribution in [0, 0.1) is 5.92 Å². The fourth-order valence-electron chi connectivity index (χ4n) is 5.28. The summed E-state index contributed by atoms with van der Waals surface area (Å²) < 4.78 is 23.6. The molecule has 10 heteroatoms. The number of pyridine rings is 1. The van der Waals surface area contributed by atoms with Crippen molar-refractivity contribution in [2.24, 2.45) is 5.92 Å². The lowest BCUT2D eigenvalue weighted by Crippen LogP contribution is -2.57. The van der Waals surface area contributed by atoms with E-state index in [9.17, 15) is 13.2 Å². The van der Waals surface area contributed by atoms with Gasteiger partial charge in [0.1, 0.15) is 21.5 Å². The van der Waals surface area contributed by atoms with Gasteiger partial charge in [-0.3, -0.25) is 4.79 Å². The van der Waals surface area contributed by atoms with Crippen LogP contribution in [0.3, 0.4) is 0 Å². The number of carbonyl (C=O) groups excluding carboxylic acids is 1. The standard InChI is InChI=1S/C28H34N6O3S/c1-17(2)21-6-7-24(34-15-20(18(34)3)16-38(5,36)37)23-14-30-26(13-22(21)23)31-25-8-10-29-28(32-25)19-9-11-33(4)27(35)12-19/h6-8,10,12-14,17-18,20H,9,11,15-16H2,1-5H3,(H,29,30,31,32)/t18-,20-/m1/s1. The highest BCUT2D eigenvalue weighted by atomic mass is 32.2. The lowest BCUT2D eigenvalue weighted by Gasteiger charge is -2.48. The number of hydrogen-bond acceptors (Lipinski definition) is 8. The Balaban J connectivity index is 1.44. The number of sulfone groups is 1. The van der Waals surface area contributed by atoms with E-state index in [1.54, 1.807) is 30.3 Å². The molecule has 4 heterocycles. The van der Waals surface area contributed by atoms with Crippen molar-refractivity contribution >= 4 is 49.4 Å². The fourth-order valence-corrected chi connectivity index (χ4v) is 6.44. The van der Waals surface area contributed by atoms with Crippen LogP contribution in [0.15, 0.2) is 42.7 Å². The molecule has 2 aliphatic rings. The topological polar surface area (TPSA) is 108 Å². The molecule has 3 aromatic rings. The van der Waals surface area contributed by atoms with E-state index in [0.717, 1.165) is 22.0 Å². The Bertz CT molecular complexity index is 1530. The Hall–Kier alpha value is -3.53. The average Bonchev–Trinajstić information content (AvgIpc) is 2.86. The monoisotopic (exact) mass is 534 g/mol. The highest BCUT2D eigenvalue weighted by Crippen LogP contribution is 2.39. The lowest BCUT2D eigenvalue weighted by atomic mass is 9.88. The number of aromatic nitrogens is 3. The SMILES string of the molecule is CC(C)c1ccc(N2C[C@H](CS(C)(=O)=O)[C@H]2C)c2cnc(Nc3ccnc(C4=CC(=O)N(C)CC4)n3)cc12. The molecular formula is C28H34N6O3S. The molecule has 1 saturated heterocycles. The van der Waals surface area contributed by atoms with Crippen LogP contribution in [0.25, 0.3) is 16.3 Å². The van der Waals surface area contributed by atoms with Gasteiger partial charge in [-0.2, -0.15) is 0 Å². The normalized spacial score (nSPS) is 20.1. The van der Waals surface area contributed by atoms with Crippen LogP contribution in [0.5, 0.6) is 0 Å². The summed E-state index contributed by atoms with van der Waals surface area (Å²) in [5.74, 6) is 2.42. The summed E-state index contributed by atoms with van der Waals surface area (Å²) in [6, 6.07) is 8.26. The summed E-state index contributed by atoms with van der Waals surface area (Å²) in [5.41, 5.74) is 3.12. The Morgan fingerprint density at radius 2 is 1.92 bits per heavy atom. The van der Waals surface area contributed by atoms with E-state index in [0.29, 0.717) is 42.9 Å². The first-order valence-electron chi connectivity index (χ1n) is 12.9. The number of likely N-dealkylation sites (N-methyl/N-ethyl adjacent to an activating group) is 1. The smallest absolute Gasteiger partial charge is 0.246 e. The first-order chi connectivity index (χ1) is 18.0. The van der Waals surface area contributed by atoms with Crippen LogP contribution in [-0.4, -0.2) is 72.4 Å². The molecule has 5 rings (SSSR count). The van der Waals surface area contributed by atoms with Crippen molar-refractivity contribution in [2.45, 2.75) is 39.2 Å². The van der Waals surface area contributed by atoms with Crippen LogP contribution < -0.4 is 10.2 Å². The third-order valence-electron chi connectivity index (χ3n) is 7.55. The summed E-state index contributed by atoms with van der Waals surface area (Å²) in [5, 5.41) is 5.46. The van der Waals surface area contributed by atoms with Gasteiger partial charge >= 0.3 is 0 Å². The lowest BCUT2D eigenvalue weighted by molar-refractivity contribution is -0.125. The predicted octanol–water partition coefficient (Wildman–Crippen LogP) is 4.01.